The molecule has 5 heterocycles. The second-order valence-electron chi connectivity index (χ2n) is 10.6. The van der Waals surface area contributed by atoms with Gasteiger partial charge in [-0.15, -0.1) is 44.2 Å². The molecule has 0 spiro atoms. The van der Waals surface area contributed by atoms with E-state index in [-0.39, 0.29) is 29.9 Å². The van der Waals surface area contributed by atoms with E-state index in [9.17, 15) is 19.8 Å². The first kappa shape index (κ1) is 31.5. The Balaban J connectivity index is 0.00000423. The molecule has 9 heteroatoms. The number of aliphatic carboxylic acids is 2. The van der Waals surface area contributed by atoms with Crippen molar-refractivity contribution in [2.24, 2.45) is 0 Å². The van der Waals surface area contributed by atoms with Crippen LogP contribution in [0.3, 0.4) is 0 Å². The molecule has 5 rings (SSSR count). The Bertz CT molecular complexity index is 2030. The van der Waals surface area contributed by atoms with Gasteiger partial charge in [-0.2, -0.15) is 0 Å². The number of rotatable bonds is 8. The summed E-state index contributed by atoms with van der Waals surface area (Å²) in [5.41, 5.74) is 9.84. The molecule has 0 unspecified atom stereocenters. The third kappa shape index (κ3) is 5.91. The zero-order chi connectivity index (χ0) is 30.3. The van der Waals surface area contributed by atoms with E-state index in [1.54, 1.807) is 12.2 Å². The van der Waals surface area contributed by atoms with E-state index in [2.05, 4.69) is 13.2 Å². The fourth-order valence-electron chi connectivity index (χ4n) is 5.61. The Morgan fingerprint density at radius 2 is 1.09 bits per heavy atom. The van der Waals surface area contributed by atoms with Gasteiger partial charge in [0, 0.05) is 12.8 Å². The van der Waals surface area contributed by atoms with Crippen molar-refractivity contribution >= 4 is 48.4 Å². The molecule has 2 N–H and O–H groups in total. The van der Waals surface area contributed by atoms with E-state index in [0.717, 1.165) is 61.2 Å². The second kappa shape index (κ2) is 12.4. The van der Waals surface area contributed by atoms with Crippen LogP contribution in [0.2, 0.25) is 0 Å². The zero-order valence-electron chi connectivity index (χ0n) is 24.6. The number of fused-ring (bicyclic) bond motifs is 8. The van der Waals surface area contributed by atoms with Crippen molar-refractivity contribution in [1.82, 2.24) is 19.9 Å². The smallest absolute Gasteiger partial charge is 0.657 e. The zero-order valence-corrected chi connectivity index (χ0v) is 25.7. The van der Waals surface area contributed by atoms with Gasteiger partial charge in [0.1, 0.15) is 0 Å². The van der Waals surface area contributed by atoms with Crippen molar-refractivity contribution in [3.8, 4) is 0 Å². The van der Waals surface area contributed by atoms with Crippen LogP contribution in [0, 0.1) is 27.7 Å². The molecule has 0 fully saturated rings. The first-order chi connectivity index (χ1) is 20.0. The molecule has 8 bridgehead atoms. The predicted molar refractivity (Wildman–Crippen MR) is 163 cm³/mol. The van der Waals surface area contributed by atoms with Crippen LogP contribution in [-0.4, -0.2) is 22.2 Å². The van der Waals surface area contributed by atoms with Crippen molar-refractivity contribution in [3.05, 3.63) is 102 Å². The molecule has 0 saturated carbocycles. The minimum absolute atomic E-state index is 0. The standard InChI is InChI=1S/C34H32N4O4.Fe/c1-7-21-17(3)25-13-26-19(5)23(9-11-33(39)40)31(37-26)16-32-24(10-12-34(41)42)20(6)28(38-32)15-30-22(8-2)18(4)27(36-30)14-29(21)35-25;/h7-8,13-16H,1-2,9-12H2,3-6H3,(H,39,40)(H,41,42);/q-4;+4/b25-13?,26-13-,27-14-,28-15?,29-14?,30-15-,31-16-,32-16?;. The molecule has 4 aromatic heterocycles. The molecule has 0 radical (unpaired) electrons. The molecule has 0 atom stereocenters. The summed E-state index contributed by atoms with van der Waals surface area (Å²) in [6.07, 6.45) is 11.7. The van der Waals surface area contributed by atoms with Gasteiger partial charge in [0.05, 0.1) is 0 Å². The van der Waals surface area contributed by atoms with Gasteiger partial charge in [-0.05, 0) is 51.7 Å². The first-order valence-corrected chi connectivity index (χ1v) is 13.8. The summed E-state index contributed by atoms with van der Waals surface area (Å²) >= 11 is 0. The van der Waals surface area contributed by atoms with Gasteiger partial charge in [-0.25, -0.2) is 0 Å². The van der Waals surface area contributed by atoms with Crippen LogP contribution in [0.5, 0.6) is 0 Å². The topological polar surface area (TPSA) is 131 Å². The van der Waals surface area contributed by atoms with Gasteiger partial charge in [-0.3, -0.25) is 9.59 Å². The summed E-state index contributed by atoms with van der Waals surface area (Å²) < 4.78 is 0. The summed E-state index contributed by atoms with van der Waals surface area (Å²) in [5, 5.41) is 21.7. The van der Waals surface area contributed by atoms with Gasteiger partial charge in [0.2, 0.25) is 0 Å². The van der Waals surface area contributed by atoms with Crippen LogP contribution in [0.25, 0.3) is 36.5 Å². The maximum atomic E-state index is 11.5. The Morgan fingerprint density at radius 1 is 0.605 bits per heavy atom. The van der Waals surface area contributed by atoms with Crippen molar-refractivity contribution in [1.29, 1.82) is 0 Å². The van der Waals surface area contributed by atoms with Crippen LogP contribution in [-0.2, 0) is 39.5 Å². The quantitative estimate of drug-likeness (QED) is 0.252. The Morgan fingerprint density at radius 3 is 1.72 bits per heavy atom. The van der Waals surface area contributed by atoms with Crippen LogP contribution in [0.15, 0.2) is 13.2 Å². The van der Waals surface area contributed by atoms with Crippen molar-refractivity contribution in [2.75, 3.05) is 0 Å². The largest absolute Gasteiger partial charge is 4.00 e. The maximum Gasteiger partial charge on any atom is 4.00 e. The van der Waals surface area contributed by atoms with Crippen molar-refractivity contribution < 1.29 is 36.9 Å². The van der Waals surface area contributed by atoms with E-state index in [1.807, 2.05) is 52.0 Å². The Kier molecular flexibility index (Phi) is 9.09. The molecule has 0 aliphatic carbocycles. The van der Waals surface area contributed by atoms with Gasteiger partial charge < -0.3 is 30.1 Å². The van der Waals surface area contributed by atoms with E-state index >= 15 is 0 Å². The number of carbonyl (C=O) groups is 2. The van der Waals surface area contributed by atoms with Gasteiger partial charge >= 0.3 is 29.0 Å². The second-order valence-corrected chi connectivity index (χ2v) is 10.6. The molecule has 1 aliphatic rings. The molecule has 1 aliphatic heterocycles. The third-order valence-corrected chi connectivity index (χ3v) is 8.06. The Hall–Kier alpha value is -4.46. The molecule has 0 aromatic carbocycles. The van der Waals surface area contributed by atoms with Crippen molar-refractivity contribution in [2.45, 2.75) is 53.4 Å². The summed E-state index contributed by atoms with van der Waals surface area (Å²) in [6.45, 7) is 15.9. The maximum absolute atomic E-state index is 11.5. The number of hydrogen-bond acceptors (Lipinski definition) is 2. The monoisotopic (exact) mass is 616 g/mol. The van der Waals surface area contributed by atoms with E-state index in [0.29, 0.717) is 40.3 Å². The number of carboxylic acids is 2. The van der Waals surface area contributed by atoms with Gasteiger partial charge in [0.25, 0.3) is 0 Å². The molecule has 0 amide bonds. The minimum Gasteiger partial charge on any atom is -0.657 e. The number of carboxylic acid groups (broad SMARTS) is 2. The van der Waals surface area contributed by atoms with Gasteiger partial charge in [0.15, 0.2) is 0 Å². The third-order valence-electron chi connectivity index (χ3n) is 8.06. The fourth-order valence-corrected chi connectivity index (χ4v) is 5.61. The van der Waals surface area contributed by atoms with Crippen LogP contribution in [0.4, 0.5) is 0 Å². The fraction of sp³-hybridized carbons (Fsp3) is 0.235. The molecule has 4 aromatic rings. The normalized spacial score (nSPS) is 15.0. The molecular weight excluding hydrogens is 584 g/mol. The first-order valence-electron chi connectivity index (χ1n) is 13.8. The van der Waals surface area contributed by atoms with Gasteiger partial charge in [-0.1, -0.05) is 83.0 Å². The molecular formula is C34H32FeN4O4. The SMILES string of the molecule is C=Cc1c2[n-]c(c1C)/C=c1\[n-]/c(c(CCC(=O)O)c1C)=C\c1[n-]c(c(C)c1CCC(=O)O)/C=c1\[n-]/c(c(C)c1C=C)=C\2.[Fe+4]. The average Bonchev–Trinajstić information content (AvgIpc) is 3.59. The average molecular weight is 616 g/mol. The minimum atomic E-state index is -0.898. The summed E-state index contributed by atoms with van der Waals surface area (Å²) in [6, 6.07) is 0. The molecule has 220 valence electrons. The van der Waals surface area contributed by atoms with Crippen LogP contribution in [0.1, 0.15) is 80.1 Å². The summed E-state index contributed by atoms with van der Waals surface area (Å²) in [5.74, 6) is -1.80. The van der Waals surface area contributed by atoms with Crippen molar-refractivity contribution in [3.63, 3.8) is 0 Å². The number of aromatic nitrogens is 4. The van der Waals surface area contributed by atoms with E-state index in [4.69, 9.17) is 19.9 Å². The summed E-state index contributed by atoms with van der Waals surface area (Å²) in [4.78, 5) is 42.7. The Labute approximate surface area is 259 Å². The molecule has 8 nitrogen and oxygen atoms in total. The van der Waals surface area contributed by atoms with E-state index in [1.165, 1.54) is 0 Å². The summed E-state index contributed by atoms with van der Waals surface area (Å²) in [7, 11) is 0. The van der Waals surface area contributed by atoms with E-state index < -0.39 is 11.9 Å². The van der Waals surface area contributed by atoms with Crippen LogP contribution < -0.4 is 41.3 Å². The number of hydrogen-bond donors (Lipinski definition) is 2. The molecule has 0 saturated heterocycles. The predicted octanol–water partition coefficient (Wildman–Crippen LogP) is 1.70. The van der Waals surface area contributed by atoms with Crippen LogP contribution >= 0.6 is 0 Å². The number of nitrogens with zero attached hydrogens (tertiary/aromatic N) is 4. The molecule has 43 heavy (non-hydrogen) atoms.